The van der Waals surface area contributed by atoms with E-state index >= 15 is 0 Å². The molecule has 6 rings (SSSR count). The zero-order valence-corrected chi connectivity index (χ0v) is 32.9. The van der Waals surface area contributed by atoms with E-state index in [0.29, 0.717) is 0 Å². The van der Waals surface area contributed by atoms with Gasteiger partial charge in [-0.25, -0.2) is 15.0 Å². The van der Waals surface area contributed by atoms with Crippen LogP contribution in [0.4, 0.5) is 11.4 Å². The number of likely N-dealkylation sites (N-methyl/N-ethyl adjacent to an activating group) is 1. The van der Waals surface area contributed by atoms with Crippen LogP contribution in [0.15, 0.2) is 88.5 Å². The van der Waals surface area contributed by atoms with Crippen LogP contribution < -0.4 is 5.73 Å². The van der Waals surface area contributed by atoms with Crippen LogP contribution in [0.1, 0.15) is 54.5 Å². The minimum Gasteiger partial charge on any atom is -0.468 e. The molecule has 2 heterocycles. The van der Waals surface area contributed by atoms with Crippen LogP contribution in [0.3, 0.4) is 0 Å². The largest absolute Gasteiger partial charge is 0.468 e. The average molecular weight is 730 g/mol. The number of thiazole rings is 2. The van der Waals surface area contributed by atoms with Crippen molar-refractivity contribution in [3.63, 3.8) is 0 Å². The van der Waals surface area contributed by atoms with Crippen LogP contribution in [0.2, 0.25) is 0 Å². The van der Waals surface area contributed by atoms with Gasteiger partial charge in [0.2, 0.25) is 0 Å². The molecule has 0 saturated carbocycles. The van der Waals surface area contributed by atoms with Crippen molar-refractivity contribution in [1.82, 2.24) is 14.9 Å². The molecule has 0 atom stereocenters. The maximum atomic E-state index is 11.3. The highest BCUT2D eigenvalue weighted by atomic mass is 32.1. The molecule has 0 saturated heterocycles. The predicted molar refractivity (Wildman–Crippen MR) is 219 cm³/mol. The predicted octanol–water partition coefficient (Wildman–Crippen LogP) is 10.00. The highest BCUT2D eigenvalue weighted by molar-refractivity contribution is 7.10. The SMILES string of the molecule is COC(=O)CN(C)C=Nc1cc(C)c(Cc2nc(-c3ccc(C)cc3)cs2)cc1C.Cc1ccc(-c2csc(Cc3cc(C)c(N)cc3C)n2)cc1. The van der Waals surface area contributed by atoms with Gasteiger partial charge in [-0.3, -0.25) is 4.79 Å². The van der Waals surface area contributed by atoms with E-state index < -0.39 is 0 Å². The van der Waals surface area contributed by atoms with Gasteiger partial charge in [0.05, 0.1) is 40.5 Å². The number of methoxy groups -OCH3 is 1. The van der Waals surface area contributed by atoms with Crippen LogP contribution in [-0.4, -0.2) is 47.9 Å². The summed E-state index contributed by atoms with van der Waals surface area (Å²) in [7, 11) is 3.18. The number of nitrogens with two attached hydrogens (primary N) is 1. The topological polar surface area (TPSA) is 93.7 Å². The maximum Gasteiger partial charge on any atom is 0.325 e. The van der Waals surface area contributed by atoms with Gasteiger partial charge in [-0.05, 0) is 87.1 Å². The van der Waals surface area contributed by atoms with Gasteiger partial charge in [-0.2, -0.15) is 0 Å². The third kappa shape index (κ3) is 10.2. The van der Waals surface area contributed by atoms with Gasteiger partial charge in [0, 0.05) is 47.5 Å². The molecule has 0 radical (unpaired) electrons. The molecule has 0 fully saturated rings. The summed E-state index contributed by atoms with van der Waals surface area (Å²) in [6.07, 6.45) is 3.33. The summed E-state index contributed by atoms with van der Waals surface area (Å²) in [6.45, 7) is 12.7. The monoisotopic (exact) mass is 729 g/mol. The number of anilines is 1. The van der Waals surface area contributed by atoms with Crippen molar-refractivity contribution in [2.75, 3.05) is 26.4 Å². The zero-order valence-electron chi connectivity index (χ0n) is 31.3. The van der Waals surface area contributed by atoms with Gasteiger partial charge in [0.15, 0.2) is 0 Å². The smallest absolute Gasteiger partial charge is 0.325 e. The number of carbonyl (C=O) groups is 1. The molecule has 7 nitrogen and oxygen atoms in total. The quantitative estimate of drug-likeness (QED) is 0.0653. The Morgan fingerprint density at radius 2 is 1.21 bits per heavy atom. The van der Waals surface area contributed by atoms with E-state index in [1.807, 2.05) is 0 Å². The summed E-state index contributed by atoms with van der Waals surface area (Å²) >= 11 is 3.41. The second kappa shape index (κ2) is 17.4. The van der Waals surface area contributed by atoms with E-state index in [1.165, 1.54) is 46.1 Å². The van der Waals surface area contributed by atoms with E-state index in [-0.39, 0.29) is 12.5 Å². The maximum absolute atomic E-state index is 11.3. The number of esters is 1. The first-order chi connectivity index (χ1) is 24.9. The summed E-state index contributed by atoms with van der Waals surface area (Å²) < 4.78 is 4.68. The number of aliphatic imine (C=N–C) groups is 1. The standard InChI is InChI=1S/C24H27N3O2S.C19H20N2S/c1-16-6-8-19(9-7-16)22-14-30-23(26-22)12-20-10-18(3)21(11-17(20)2)25-15-27(4)13-24(28)29-5;1-12-4-6-15(7-5-12)18-11-22-19(21-18)10-16-8-14(3)17(20)9-13(16)2/h6-11,14-15H,12-13H2,1-5H3;4-9,11H,10,20H2,1-3H3. The Hall–Kier alpha value is -5.12. The molecular weight excluding hydrogens is 683 g/mol. The Morgan fingerprint density at radius 1 is 0.731 bits per heavy atom. The second-order valence-corrected chi connectivity index (χ2v) is 15.2. The lowest BCUT2D eigenvalue weighted by molar-refractivity contribution is -0.140. The fourth-order valence-corrected chi connectivity index (χ4v) is 7.23. The van der Waals surface area contributed by atoms with Crippen molar-refractivity contribution in [3.8, 4) is 22.5 Å². The highest BCUT2D eigenvalue weighted by Gasteiger charge is 2.11. The molecule has 0 aliphatic rings. The molecule has 9 heteroatoms. The number of aryl methyl sites for hydroxylation is 6. The van der Waals surface area contributed by atoms with Gasteiger partial charge in [-0.1, -0.05) is 71.8 Å². The van der Waals surface area contributed by atoms with Gasteiger partial charge < -0.3 is 15.4 Å². The fourth-order valence-electron chi connectivity index (χ4n) is 5.57. The lowest BCUT2D eigenvalue weighted by Crippen LogP contribution is -2.25. The fraction of sp³-hybridized carbons (Fsp3) is 0.256. The van der Waals surface area contributed by atoms with Gasteiger partial charge in [0.25, 0.3) is 0 Å². The minimum absolute atomic E-state index is 0.170. The summed E-state index contributed by atoms with van der Waals surface area (Å²) in [4.78, 5) is 27.2. The molecule has 0 aliphatic heterocycles. The Bertz CT molecular complexity index is 2170. The van der Waals surface area contributed by atoms with E-state index in [1.54, 1.807) is 41.0 Å². The molecule has 0 amide bonds. The molecule has 2 aromatic heterocycles. The molecule has 0 unspecified atom stereocenters. The van der Waals surface area contributed by atoms with Crippen LogP contribution in [0, 0.1) is 41.5 Å². The number of rotatable bonds is 10. The molecule has 0 aliphatic carbocycles. The second-order valence-electron chi connectivity index (χ2n) is 13.3. The molecule has 4 aromatic carbocycles. The Balaban J connectivity index is 0.000000210. The van der Waals surface area contributed by atoms with Crippen LogP contribution in [0.25, 0.3) is 22.5 Å². The number of ether oxygens (including phenoxy) is 1. The van der Waals surface area contributed by atoms with E-state index in [4.69, 9.17) is 15.7 Å². The van der Waals surface area contributed by atoms with Crippen molar-refractivity contribution in [3.05, 3.63) is 138 Å². The van der Waals surface area contributed by atoms with Crippen molar-refractivity contribution in [2.24, 2.45) is 4.99 Å². The van der Waals surface area contributed by atoms with Crippen molar-refractivity contribution < 1.29 is 9.53 Å². The molecule has 52 heavy (non-hydrogen) atoms. The lowest BCUT2D eigenvalue weighted by atomic mass is 10.0. The highest BCUT2D eigenvalue weighted by Crippen LogP contribution is 2.29. The number of hydrogen-bond donors (Lipinski definition) is 1. The molecule has 0 spiro atoms. The van der Waals surface area contributed by atoms with Gasteiger partial charge in [0.1, 0.15) is 6.54 Å². The Morgan fingerprint density at radius 3 is 1.71 bits per heavy atom. The lowest BCUT2D eigenvalue weighted by Gasteiger charge is -2.12. The van der Waals surface area contributed by atoms with Crippen LogP contribution in [-0.2, 0) is 22.4 Å². The average Bonchev–Trinajstić information content (AvgIpc) is 3.79. The van der Waals surface area contributed by atoms with Gasteiger partial charge in [-0.15, -0.1) is 22.7 Å². The number of hydrogen-bond acceptors (Lipinski definition) is 8. The summed E-state index contributed by atoms with van der Waals surface area (Å²) in [5, 5.41) is 6.50. The Kier molecular flexibility index (Phi) is 12.8. The minimum atomic E-state index is -0.291. The Labute approximate surface area is 315 Å². The normalized spacial score (nSPS) is 11.0. The van der Waals surface area contributed by atoms with Crippen LogP contribution in [0.5, 0.6) is 0 Å². The number of aromatic nitrogens is 2. The number of carbonyl (C=O) groups excluding carboxylic acids is 1. The van der Waals surface area contributed by atoms with Crippen molar-refractivity contribution in [2.45, 2.75) is 54.4 Å². The van der Waals surface area contributed by atoms with Crippen molar-refractivity contribution >= 4 is 46.4 Å². The van der Waals surface area contributed by atoms with Crippen LogP contribution >= 0.6 is 22.7 Å². The zero-order chi connectivity index (χ0) is 37.4. The number of benzene rings is 4. The third-order valence-electron chi connectivity index (χ3n) is 8.86. The van der Waals surface area contributed by atoms with E-state index in [0.717, 1.165) is 62.3 Å². The molecule has 268 valence electrons. The first-order valence-electron chi connectivity index (χ1n) is 17.2. The third-order valence-corrected chi connectivity index (χ3v) is 10.6. The van der Waals surface area contributed by atoms with E-state index in [2.05, 4.69) is 135 Å². The first-order valence-corrected chi connectivity index (χ1v) is 18.9. The summed E-state index contributed by atoms with van der Waals surface area (Å²) in [5.41, 5.74) is 21.8. The summed E-state index contributed by atoms with van der Waals surface area (Å²) in [6, 6.07) is 25.5. The first kappa shape index (κ1) is 38.1. The molecule has 2 N–H and O–H groups in total. The number of nitrogens with zero attached hydrogens (tertiary/aromatic N) is 4. The molecule has 6 aromatic rings. The van der Waals surface area contributed by atoms with Gasteiger partial charge >= 0.3 is 5.97 Å². The number of nitrogen functional groups attached to an aromatic ring is 1. The van der Waals surface area contributed by atoms with E-state index in [9.17, 15) is 4.79 Å². The van der Waals surface area contributed by atoms with Crippen molar-refractivity contribution in [1.29, 1.82) is 0 Å². The molecular formula is C43H47N5O2S2. The summed E-state index contributed by atoms with van der Waals surface area (Å²) in [5.74, 6) is -0.291. The molecule has 0 bridgehead atoms.